The molecule has 1 atom stereocenters. The average molecular weight is 339 g/mol. The fourth-order valence-electron chi connectivity index (χ4n) is 2.67. The van der Waals surface area contributed by atoms with E-state index in [-0.39, 0.29) is 23.8 Å². The van der Waals surface area contributed by atoms with Crippen molar-refractivity contribution >= 4 is 11.7 Å². The Bertz CT molecular complexity index is 741. The van der Waals surface area contributed by atoms with Crippen LogP contribution in [-0.2, 0) is 4.79 Å². The lowest BCUT2D eigenvalue weighted by atomic mass is 9.99. The lowest BCUT2D eigenvalue weighted by Crippen LogP contribution is -2.33. The monoisotopic (exact) mass is 339 g/mol. The van der Waals surface area contributed by atoms with Crippen molar-refractivity contribution in [3.63, 3.8) is 0 Å². The summed E-state index contributed by atoms with van der Waals surface area (Å²) >= 11 is 0. The molecule has 132 valence electrons. The quantitative estimate of drug-likeness (QED) is 0.876. The van der Waals surface area contributed by atoms with Crippen molar-refractivity contribution in [1.82, 2.24) is 20.3 Å². The molecule has 6 nitrogen and oxygen atoms in total. The maximum atomic E-state index is 12.3. The van der Waals surface area contributed by atoms with E-state index >= 15 is 0 Å². The minimum atomic E-state index is -0.129. The zero-order chi connectivity index (χ0) is 18.0. The molecule has 0 saturated heterocycles. The van der Waals surface area contributed by atoms with Crippen LogP contribution in [0.1, 0.15) is 38.4 Å². The fourth-order valence-corrected chi connectivity index (χ4v) is 2.67. The second-order valence-electron chi connectivity index (χ2n) is 7.11. The van der Waals surface area contributed by atoms with E-state index in [0.717, 1.165) is 29.9 Å². The van der Waals surface area contributed by atoms with Crippen molar-refractivity contribution in [1.29, 1.82) is 0 Å². The Balaban J connectivity index is 2.00. The molecule has 2 heterocycles. The summed E-state index contributed by atoms with van der Waals surface area (Å²) in [5, 5.41) is 3.18. The molecule has 6 heteroatoms. The Morgan fingerprint density at radius 2 is 1.88 bits per heavy atom. The highest BCUT2D eigenvalue weighted by Gasteiger charge is 2.32. The zero-order valence-corrected chi connectivity index (χ0v) is 15.2. The number of rotatable bonds is 6. The Hall–Kier alpha value is -2.50. The van der Waals surface area contributed by atoms with E-state index in [4.69, 9.17) is 4.98 Å². The van der Waals surface area contributed by atoms with E-state index in [1.54, 1.807) is 12.4 Å². The minimum absolute atomic E-state index is 0.129. The molecule has 2 aromatic rings. The van der Waals surface area contributed by atoms with Gasteiger partial charge in [0.25, 0.3) is 0 Å². The van der Waals surface area contributed by atoms with E-state index in [1.165, 1.54) is 0 Å². The standard InChI is InChI=1S/C19H25N5O/c1-12(2)17(23-19(25)14-5-6-14)15-11-16(24(3)4)22-18(21-15)13-7-9-20-10-8-13/h7-12,14,17H,5-6H2,1-4H3,(H,23,25). The maximum absolute atomic E-state index is 12.3. The number of aromatic nitrogens is 3. The normalized spacial score (nSPS) is 15.1. The number of hydrogen-bond acceptors (Lipinski definition) is 5. The smallest absolute Gasteiger partial charge is 0.223 e. The molecule has 3 rings (SSSR count). The van der Waals surface area contributed by atoms with Crippen molar-refractivity contribution in [3.05, 3.63) is 36.3 Å². The van der Waals surface area contributed by atoms with Gasteiger partial charge in [-0.05, 0) is 30.9 Å². The average Bonchev–Trinajstić information content (AvgIpc) is 3.44. The fraction of sp³-hybridized carbons (Fsp3) is 0.474. The van der Waals surface area contributed by atoms with Crippen LogP contribution in [0.5, 0.6) is 0 Å². The van der Waals surface area contributed by atoms with E-state index in [9.17, 15) is 4.79 Å². The molecule has 1 amide bonds. The number of carbonyl (C=O) groups is 1. The number of carbonyl (C=O) groups excluding carboxylic acids is 1. The first-order valence-corrected chi connectivity index (χ1v) is 8.72. The summed E-state index contributed by atoms with van der Waals surface area (Å²) in [6, 6.07) is 5.62. The van der Waals surface area contributed by atoms with Crippen LogP contribution in [0.4, 0.5) is 5.82 Å². The van der Waals surface area contributed by atoms with E-state index in [1.807, 2.05) is 37.2 Å². The first kappa shape index (κ1) is 17.3. The van der Waals surface area contributed by atoms with Crippen molar-refractivity contribution in [2.24, 2.45) is 11.8 Å². The largest absolute Gasteiger partial charge is 0.363 e. The first-order chi connectivity index (χ1) is 12.0. The number of pyridine rings is 1. The van der Waals surface area contributed by atoms with Crippen molar-refractivity contribution in [2.75, 3.05) is 19.0 Å². The molecule has 1 aliphatic rings. The molecule has 1 N–H and O–H groups in total. The Labute approximate surface area is 148 Å². The molecule has 0 spiro atoms. The number of nitrogens with one attached hydrogen (secondary N) is 1. The van der Waals surface area contributed by atoms with Crippen molar-refractivity contribution in [2.45, 2.75) is 32.7 Å². The van der Waals surface area contributed by atoms with Gasteiger partial charge in [0.15, 0.2) is 5.82 Å². The second kappa shape index (κ2) is 7.17. The SMILES string of the molecule is CC(C)C(NC(=O)C1CC1)c1cc(N(C)C)nc(-c2ccncc2)n1. The lowest BCUT2D eigenvalue weighted by Gasteiger charge is -2.24. The third-order valence-electron chi connectivity index (χ3n) is 4.36. The van der Waals surface area contributed by atoms with Gasteiger partial charge < -0.3 is 10.2 Å². The minimum Gasteiger partial charge on any atom is -0.363 e. The van der Waals surface area contributed by atoms with Gasteiger partial charge >= 0.3 is 0 Å². The molecule has 0 radical (unpaired) electrons. The summed E-state index contributed by atoms with van der Waals surface area (Å²) in [6.07, 6.45) is 5.45. The van der Waals surface area contributed by atoms with Gasteiger partial charge in [-0.2, -0.15) is 0 Å². The van der Waals surface area contributed by atoms with E-state index in [0.29, 0.717) is 5.82 Å². The molecule has 0 aliphatic heterocycles. The molecule has 1 saturated carbocycles. The molecule has 2 aromatic heterocycles. The molecule has 1 unspecified atom stereocenters. The summed E-state index contributed by atoms with van der Waals surface area (Å²) in [5.74, 6) is 2.02. The predicted molar refractivity (Wildman–Crippen MR) is 98.0 cm³/mol. The lowest BCUT2D eigenvalue weighted by molar-refractivity contribution is -0.123. The zero-order valence-electron chi connectivity index (χ0n) is 15.2. The predicted octanol–water partition coefficient (Wildman–Crippen LogP) is 2.83. The topological polar surface area (TPSA) is 71.0 Å². The van der Waals surface area contributed by atoms with Crippen molar-refractivity contribution < 1.29 is 4.79 Å². The Morgan fingerprint density at radius 1 is 1.20 bits per heavy atom. The molecular formula is C19H25N5O. The third kappa shape index (κ3) is 4.13. The number of amides is 1. The van der Waals surface area contributed by atoms with Crippen LogP contribution in [0, 0.1) is 11.8 Å². The van der Waals surface area contributed by atoms with Gasteiger partial charge in [0.1, 0.15) is 5.82 Å². The van der Waals surface area contributed by atoms with Gasteiger partial charge in [-0.1, -0.05) is 13.8 Å². The van der Waals surface area contributed by atoms with E-state index in [2.05, 4.69) is 29.1 Å². The van der Waals surface area contributed by atoms with Crippen LogP contribution in [0.25, 0.3) is 11.4 Å². The first-order valence-electron chi connectivity index (χ1n) is 8.72. The maximum Gasteiger partial charge on any atom is 0.223 e. The summed E-state index contributed by atoms with van der Waals surface area (Å²) < 4.78 is 0. The number of nitrogens with zero attached hydrogens (tertiary/aromatic N) is 4. The van der Waals surface area contributed by atoms with Gasteiger partial charge in [-0.3, -0.25) is 9.78 Å². The number of hydrogen-bond donors (Lipinski definition) is 1. The summed E-state index contributed by atoms with van der Waals surface area (Å²) in [4.78, 5) is 27.7. The van der Waals surface area contributed by atoms with Crippen LogP contribution in [0.2, 0.25) is 0 Å². The van der Waals surface area contributed by atoms with Crippen LogP contribution < -0.4 is 10.2 Å². The van der Waals surface area contributed by atoms with Crippen LogP contribution in [0.15, 0.2) is 30.6 Å². The Morgan fingerprint density at radius 3 is 2.44 bits per heavy atom. The summed E-state index contributed by atoms with van der Waals surface area (Å²) in [5.41, 5.74) is 1.76. The highest BCUT2D eigenvalue weighted by molar-refractivity contribution is 5.81. The third-order valence-corrected chi connectivity index (χ3v) is 4.36. The molecule has 1 fully saturated rings. The van der Waals surface area contributed by atoms with Gasteiger partial charge in [0.05, 0.1) is 11.7 Å². The van der Waals surface area contributed by atoms with Gasteiger partial charge in [-0.15, -0.1) is 0 Å². The van der Waals surface area contributed by atoms with Crippen LogP contribution >= 0.6 is 0 Å². The van der Waals surface area contributed by atoms with Gasteiger partial charge in [0, 0.05) is 44.0 Å². The van der Waals surface area contributed by atoms with Gasteiger partial charge in [0.2, 0.25) is 5.91 Å². The Kier molecular flexibility index (Phi) is 4.97. The van der Waals surface area contributed by atoms with Crippen LogP contribution in [-0.4, -0.2) is 35.0 Å². The van der Waals surface area contributed by atoms with Gasteiger partial charge in [-0.25, -0.2) is 9.97 Å². The summed E-state index contributed by atoms with van der Waals surface area (Å²) in [6.45, 7) is 4.20. The second-order valence-corrected chi connectivity index (χ2v) is 7.11. The van der Waals surface area contributed by atoms with E-state index < -0.39 is 0 Å². The highest BCUT2D eigenvalue weighted by Crippen LogP contribution is 2.31. The molecule has 1 aliphatic carbocycles. The van der Waals surface area contributed by atoms with Crippen LogP contribution in [0.3, 0.4) is 0 Å². The highest BCUT2D eigenvalue weighted by atomic mass is 16.2. The molecule has 0 aromatic carbocycles. The molecule has 0 bridgehead atoms. The number of anilines is 1. The summed E-state index contributed by atoms with van der Waals surface area (Å²) in [7, 11) is 3.91. The molecule has 25 heavy (non-hydrogen) atoms. The molecular weight excluding hydrogens is 314 g/mol. The van der Waals surface area contributed by atoms with Crippen molar-refractivity contribution in [3.8, 4) is 11.4 Å².